The van der Waals surface area contributed by atoms with Crippen LogP contribution in [0.4, 0.5) is 5.69 Å². The molecule has 7 heteroatoms. The van der Waals surface area contributed by atoms with Gasteiger partial charge < -0.3 is 14.2 Å². The number of benzene rings is 1. The zero-order valence-corrected chi connectivity index (χ0v) is 14.6. The first-order chi connectivity index (χ1) is 13.1. The van der Waals surface area contributed by atoms with E-state index in [-0.39, 0.29) is 23.6 Å². The van der Waals surface area contributed by atoms with Gasteiger partial charge in [-0.15, -0.1) is 0 Å². The Hall–Kier alpha value is -3.61. The first kappa shape index (κ1) is 16.8. The lowest BCUT2D eigenvalue weighted by atomic mass is 10.0. The van der Waals surface area contributed by atoms with Gasteiger partial charge in [0, 0.05) is 18.2 Å². The number of rotatable bonds is 4. The number of hydrazine groups is 1. The number of furan rings is 2. The first-order valence-electron chi connectivity index (χ1n) is 8.53. The molecular formula is C20H18N3O4+. The van der Waals surface area contributed by atoms with Gasteiger partial charge in [0.15, 0.2) is 0 Å². The fourth-order valence-corrected chi connectivity index (χ4v) is 3.14. The number of nitrogens with one attached hydrogen (secondary N) is 2. The van der Waals surface area contributed by atoms with E-state index in [1.54, 1.807) is 24.5 Å². The number of carbonyl (C=O) groups excluding carboxylic acids is 2. The van der Waals surface area contributed by atoms with Crippen molar-refractivity contribution in [1.82, 2.24) is 5.43 Å². The van der Waals surface area contributed by atoms with Crippen molar-refractivity contribution in [2.45, 2.75) is 19.4 Å². The molecule has 0 fully saturated rings. The topological polar surface area (TPSA) is 87.5 Å². The van der Waals surface area contributed by atoms with E-state index in [1.807, 2.05) is 30.3 Å². The summed E-state index contributed by atoms with van der Waals surface area (Å²) in [6, 6.07) is 14.2. The van der Waals surface area contributed by atoms with Gasteiger partial charge in [0.25, 0.3) is 0 Å². The molecule has 0 radical (unpaired) electrons. The van der Waals surface area contributed by atoms with Gasteiger partial charge in [0.05, 0.1) is 18.9 Å². The van der Waals surface area contributed by atoms with Crippen molar-refractivity contribution in [2.75, 3.05) is 5.32 Å². The van der Waals surface area contributed by atoms with Gasteiger partial charge in [-0.2, -0.15) is 5.43 Å². The molecule has 0 aliphatic carbocycles. The molecule has 1 aliphatic heterocycles. The third-order valence-electron chi connectivity index (χ3n) is 4.29. The maximum absolute atomic E-state index is 12.9. The highest BCUT2D eigenvalue weighted by molar-refractivity contribution is 6.03. The Morgan fingerprint density at radius 2 is 1.93 bits per heavy atom. The van der Waals surface area contributed by atoms with Gasteiger partial charge in [-0.1, -0.05) is 6.07 Å². The number of anilines is 1. The molecule has 1 atom stereocenters. The largest absolute Gasteiger partial charge is 0.482 e. The number of amides is 2. The highest BCUT2D eigenvalue weighted by Gasteiger charge is 2.40. The zero-order valence-electron chi connectivity index (χ0n) is 14.6. The van der Waals surface area contributed by atoms with Crippen molar-refractivity contribution in [2.24, 2.45) is 0 Å². The molecule has 2 aromatic heterocycles. The summed E-state index contributed by atoms with van der Waals surface area (Å²) < 4.78 is 12.3. The Bertz CT molecular complexity index is 1000. The predicted octanol–water partition coefficient (Wildman–Crippen LogP) is 3.12. The molecular weight excluding hydrogens is 346 g/mol. The Morgan fingerprint density at radius 3 is 2.63 bits per heavy atom. The van der Waals surface area contributed by atoms with Crippen LogP contribution in [0.15, 0.2) is 69.9 Å². The van der Waals surface area contributed by atoms with Gasteiger partial charge in [0.2, 0.25) is 17.4 Å². The summed E-state index contributed by atoms with van der Waals surface area (Å²) in [4.78, 5) is 24.3. The highest BCUT2D eigenvalue weighted by atomic mass is 16.3. The number of hydrogen-bond acceptors (Lipinski definition) is 5. The lowest BCUT2D eigenvalue weighted by molar-refractivity contribution is -0.491. The summed E-state index contributed by atoms with van der Waals surface area (Å²) in [5.74, 6) is 0.519. The average Bonchev–Trinajstić information content (AvgIpc) is 3.41. The SMILES string of the molecule is CC(=O)Nc1cccc(C2=[N+](C(=O)c3ccco3)NC(c3ccco3)C2)c1. The lowest BCUT2D eigenvalue weighted by Gasteiger charge is -2.04. The quantitative estimate of drug-likeness (QED) is 0.695. The van der Waals surface area contributed by atoms with Crippen molar-refractivity contribution in [3.8, 4) is 0 Å². The van der Waals surface area contributed by atoms with Crippen LogP contribution in [0.1, 0.15) is 41.3 Å². The lowest BCUT2D eigenvalue weighted by Crippen LogP contribution is -2.33. The summed E-state index contributed by atoms with van der Waals surface area (Å²) in [7, 11) is 0. The maximum Gasteiger partial charge on any atom is 0.482 e. The highest BCUT2D eigenvalue weighted by Crippen LogP contribution is 2.26. The molecule has 136 valence electrons. The van der Waals surface area contributed by atoms with Crippen LogP contribution < -0.4 is 10.7 Å². The predicted molar refractivity (Wildman–Crippen MR) is 97.4 cm³/mol. The van der Waals surface area contributed by atoms with Crippen molar-refractivity contribution < 1.29 is 23.1 Å². The molecule has 2 N–H and O–H groups in total. The summed E-state index contributed by atoms with van der Waals surface area (Å²) >= 11 is 0. The van der Waals surface area contributed by atoms with Crippen LogP contribution in [-0.4, -0.2) is 22.2 Å². The van der Waals surface area contributed by atoms with Crippen LogP contribution in [0.5, 0.6) is 0 Å². The molecule has 1 aromatic carbocycles. The summed E-state index contributed by atoms with van der Waals surface area (Å²) in [5.41, 5.74) is 5.45. The molecule has 7 nitrogen and oxygen atoms in total. The van der Waals surface area contributed by atoms with E-state index in [4.69, 9.17) is 8.83 Å². The molecule has 0 saturated carbocycles. The summed E-state index contributed by atoms with van der Waals surface area (Å²) in [5, 5.41) is 2.77. The average molecular weight is 364 g/mol. The second-order valence-corrected chi connectivity index (χ2v) is 6.23. The van der Waals surface area contributed by atoms with Crippen LogP contribution in [0.2, 0.25) is 0 Å². The van der Waals surface area contributed by atoms with E-state index in [9.17, 15) is 9.59 Å². The molecule has 3 heterocycles. The normalized spacial score (nSPS) is 16.3. The minimum absolute atomic E-state index is 0.154. The van der Waals surface area contributed by atoms with E-state index < -0.39 is 0 Å². The number of nitrogens with zero attached hydrogens (tertiary/aromatic N) is 1. The van der Waals surface area contributed by atoms with Crippen LogP contribution >= 0.6 is 0 Å². The molecule has 1 unspecified atom stereocenters. The van der Waals surface area contributed by atoms with E-state index in [2.05, 4.69) is 10.7 Å². The number of carbonyl (C=O) groups is 2. The van der Waals surface area contributed by atoms with Crippen LogP contribution in [-0.2, 0) is 4.79 Å². The van der Waals surface area contributed by atoms with Crippen molar-refractivity contribution in [3.63, 3.8) is 0 Å². The molecule has 0 bridgehead atoms. The van der Waals surface area contributed by atoms with Crippen LogP contribution in [0.25, 0.3) is 0 Å². The zero-order chi connectivity index (χ0) is 18.8. The molecule has 3 aromatic rings. The Morgan fingerprint density at radius 1 is 1.11 bits per heavy atom. The first-order valence-corrected chi connectivity index (χ1v) is 8.53. The molecule has 2 amide bonds. The van der Waals surface area contributed by atoms with Gasteiger partial charge in [-0.05, 0) is 47.1 Å². The summed E-state index contributed by atoms with van der Waals surface area (Å²) in [6.45, 7) is 1.45. The van der Waals surface area contributed by atoms with Crippen LogP contribution in [0.3, 0.4) is 0 Å². The van der Waals surface area contributed by atoms with Gasteiger partial charge in [0.1, 0.15) is 11.8 Å². The van der Waals surface area contributed by atoms with E-state index >= 15 is 0 Å². The second-order valence-electron chi connectivity index (χ2n) is 6.23. The van der Waals surface area contributed by atoms with Crippen LogP contribution in [0, 0.1) is 0 Å². The molecule has 1 aliphatic rings. The monoisotopic (exact) mass is 364 g/mol. The fraction of sp³-hybridized carbons (Fsp3) is 0.150. The Balaban J connectivity index is 1.74. The minimum atomic E-state index is -0.297. The van der Waals surface area contributed by atoms with E-state index in [0.717, 1.165) is 17.0 Å². The molecule has 4 rings (SSSR count). The van der Waals surface area contributed by atoms with Crippen molar-refractivity contribution >= 4 is 23.2 Å². The van der Waals surface area contributed by atoms with Crippen molar-refractivity contribution in [1.29, 1.82) is 0 Å². The number of hydrogen-bond donors (Lipinski definition) is 2. The standard InChI is InChI=1S/C20H17N3O4/c1-13(24)21-15-6-2-5-14(11-15)17-12-16(18-7-3-9-26-18)22-23(17)20(25)19-8-4-10-27-19/h2-11,16,22H,12H2,1H3/p+1. The summed E-state index contributed by atoms with van der Waals surface area (Å²) in [6.07, 6.45) is 3.61. The van der Waals surface area contributed by atoms with Gasteiger partial charge in [-0.3, -0.25) is 4.79 Å². The smallest absolute Gasteiger partial charge is 0.467 e. The van der Waals surface area contributed by atoms with Crippen molar-refractivity contribution in [3.05, 3.63) is 78.1 Å². The third kappa shape index (κ3) is 3.39. The molecule has 0 spiro atoms. The van der Waals surface area contributed by atoms with Gasteiger partial charge >= 0.3 is 5.91 Å². The second kappa shape index (κ2) is 6.95. The van der Waals surface area contributed by atoms with Gasteiger partial charge in [-0.25, -0.2) is 4.79 Å². The molecule has 27 heavy (non-hydrogen) atoms. The fourth-order valence-electron chi connectivity index (χ4n) is 3.14. The van der Waals surface area contributed by atoms with E-state index in [0.29, 0.717) is 12.1 Å². The third-order valence-corrected chi connectivity index (χ3v) is 4.29. The molecule has 0 saturated heterocycles. The number of hydrazone groups is 1. The Labute approximate surface area is 155 Å². The van der Waals surface area contributed by atoms with E-state index in [1.165, 1.54) is 17.9 Å². The minimum Gasteiger partial charge on any atom is -0.467 e. The maximum atomic E-state index is 12.9. The Kier molecular flexibility index (Phi) is 4.33.